The lowest BCUT2D eigenvalue weighted by Crippen LogP contribution is -2.17. The molecule has 3 nitrogen and oxygen atoms in total. The number of benzene rings is 3. The van der Waals surface area contributed by atoms with Gasteiger partial charge in [-0.2, -0.15) is 0 Å². The number of halogens is 4. The van der Waals surface area contributed by atoms with Gasteiger partial charge in [-0.15, -0.1) is 0 Å². The zero-order valence-electron chi connectivity index (χ0n) is 16.4. The molecule has 0 heterocycles. The smallest absolute Gasteiger partial charge is 0.162 e. The molecule has 1 N–H and O–H groups in total. The first-order chi connectivity index (χ1) is 14.5. The van der Waals surface area contributed by atoms with Crippen molar-refractivity contribution in [3.05, 3.63) is 91.6 Å². The summed E-state index contributed by atoms with van der Waals surface area (Å²) in [7, 11) is 1.61. The highest BCUT2D eigenvalue weighted by molar-refractivity contribution is 9.10. The summed E-state index contributed by atoms with van der Waals surface area (Å²) in [6.45, 7) is 1.73. The van der Waals surface area contributed by atoms with E-state index in [1.807, 2.05) is 18.2 Å². The van der Waals surface area contributed by atoms with Gasteiger partial charge in [-0.1, -0.05) is 57.3 Å². The number of ether oxygens (including phenoxy) is 2. The van der Waals surface area contributed by atoms with Gasteiger partial charge in [-0.25, -0.2) is 4.39 Å². The largest absolute Gasteiger partial charge is 0.493 e. The summed E-state index contributed by atoms with van der Waals surface area (Å²) < 4.78 is 25.3. The van der Waals surface area contributed by atoms with Crippen LogP contribution in [-0.4, -0.2) is 13.7 Å². The molecule has 0 bridgehead atoms. The molecule has 0 spiro atoms. The van der Waals surface area contributed by atoms with Gasteiger partial charge < -0.3 is 14.8 Å². The second kappa shape index (κ2) is 11.0. The minimum absolute atomic E-state index is 0.219. The van der Waals surface area contributed by atoms with Crippen LogP contribution in [0.1, 0.15) is 16.7 Å². The van der Waals surface area contributed by atoms with Crippen LogP contribution >= 0.6 is 39.1 Å². The van der Waals surface area contributed by atoms with Gasteiger partial charge in [0.2, 0.25) is 0 Å². The van der Waals surface area contributed by atoms with E-state index in [0.29, 0.717) is 34.7 Å². The highest BCUT2D eigenvalue weighted by Crippen LogP contribution is 2.34. The maximum absolute atomic E-state index is 13.0. The Hall–Kier alpha value is -1.79. The Kier molecular flexibility index (Phi) is 8.40. The lowest BCUT2D eigenvalue weighted by Gasteiger charge is -2.15. The molecule has 3 aromatic rings. The maximum atomic E-state index is 13.0. The molecule has 0 saturated carbocycles. The summed E-state index contributed by atoms with van der Waals surface area (Å²) in [5.41, 5.74) is 2.97. The van der Waals surface area contributed by atoms with Gasteiger partial charge in [-0.05, 0) is 60.5 Å². The number of hydrogen-bond acceptors (Lipinski definition) is 3. The highest BCUT2D eigenvalue weighted by Gasteiger charge is 2.12. The Morgan fingerprint density at radius 2 is 1.73 bits per heavy atom. The van der Waals surface area contributed by atoms with Crippen LogP contribution in [0.4, 0.5) is 4.39 Å². The molecule has 158 valence electrons. The van der Waals surface area contributed by atoms with E-state index in [0.717, 1.165) is 34.1 Å². The van der Waals surface area contributed by atoms with E-state index in [1.165, 1.54) is 12.1 Å². The van der Waals surface area contributed by atoms with Crippen LogP contribution in [0.5, 0.6) is 11.5 Å². The summed E-state index contributed by atoms with van der Waals surface area (Å²) in [5.74, 6) is 1.03. The molecule has 0 aliphatic rings. The molecule has 0 atom stereocenters. The third-order valence-electron chi connectivity index (χ3n) is 4.55. The lowest BCUT2D eigenvalue weighted by atomic mass is 10.1. The van der Waals surface area contributed by atoms with Crippen LogP contribution in [0.15, 0.2) is 59.1 Å². The van der Waals surface area contributed by atoms with Gasteiger partial charge in [-0.3, -0.25) is 0 Å². The van der Waals surface area contributed by atoms with Crippen LogP contribution in [0.25, 0.3) is 0 Å². The summed E-state index contributed by atoms with van der Waals surface area (Å²) in [4.78, 5) is 0. The second-order valence-electron chi connectivity index (χ2n) is 6.67. The van der Waals surface area contributed by atoms with Crippen molar-refractivity contribution >= 4 is 39.1 Å². The van der Waals surface area contributed by atoms with Crippen molar-refractivity contribution < 1.29 is 13.9 Å². The zero-order valence-corrected chi connectivity index (χ0v) is 19.5. The average molecular weight is 513 g/mol. The van der Waals surface area contributed by atoms with Crippen LogP contribution in [0, 0.1) is 5.82 Å². The molecule has 0 aliphatic carbocycles. The first-order valence-corrected chi connectivity index (χ1v) is 10.9. The number of hydrogen-bond donors (Lipinski definition) is 1. The molecule has 7 heteroatoms. The van der Waals surface area contributed by atoms with Crippen molar-refractivity contribution in [3.63, 3.8) is 0 Å². The fraction of sp³-hybridized carbons (Fsp3) is 0.217. The molecule has 3 aromatic carbocycles. The highest BCUT2D eigenvalue weighted by atomic mass is 79.9. The van der Waals surface area contributed by atoms with Crippen LogP contribution < -0.4 is 14.8 Å². The summed E-state index contributed by atoms with van der Waals surface area (Å²) in [6, 6.07) is 15.7. The molecule has 0 unspecified atom stereocenters. The van der Waals surface area contributed by atoms with Gasteiger partial charge in [0, 0.05) is 26.6 Å². The van der Waals surface area contributed by atoms with Crippen molar-refractivity contribution in [2.24, 2.45) is 0 Å². The van der Waals surface area contributed by atoms with E-state index in [2.05, 4.69) is 21.2 Å². The standard InChI is InChI=1S/C23H21BrCl2FNO2/c1-29-22-10-17(13-28-9-8-15-2-6-19(27)7-3-15)20(24)12-23(22)30-14-16-4-5-18(25)11-21(16)26/h2-7,10-12,28H,8-9,13-14H2,1H3. The fourth-order valence-corrected chi connectivity index (χ4v) is 3.81. The summed E-state index contributed by atoms with van der Waals surface area (Å²) in [6.07, 6.45) is 0.818. The van der Waals surface area contributed by atoms with E-state index >= 15 is 0 Å². The number of nitrogens with one attached hydrogen (secondary N) is 1. The summed E-state index contributed by atoms with van der Waals surface area (Å²) >= 11 is 15.8. The molecule has 0 aliphatic heterocycles. The second-order valence-corrected chi connectivity index (χ2v) is 8.37. The van der Waals surface area contributed by atoms with Crippen molar-refractivity contribution in [2.75, 3.05) is 13.7 Å². The third-order valence-corrected chi connectivity index (χ3v) is 5.88. The summed E-state index contributed by atoms with van der Waals surface area (Å²) in [5, 5.41) is 4.54. The van der Waals surface area contributed by atoms with Gasteiger partial charge in [0.15, 0.2) is 11.5 Å². The average Bonchev–Trinajstić information content (AvgIpc) is 2.73. The van der Waals surface area contributed by atoms with Crippen LogP contribution in [-0.2, 0) is 19.6 Å². The van der Waals surface area contributed by atoms with E-state index in [4.69, 9.17) is 32.7 Å². The first kappa shape index (κ1) is 22.9. The molecule has 0 fully saturated rings. The maximum Gasteiger partial charge on any atom is 0.162 e. The SMILES string of the molecule is COc1cc(CNCCc2ccc(F)cc2)c(Br)cc1OCc1ccc(Cl)cc1Cl. The van der Waals surface area contributed by atoms with Crippen molar-refractivity contribution in [2.45, 2.75) is 19.6 Å². The quantitative estimate of drug-likeness (QED) is 0.319. The fourth-order valence-electron chi connectivity index (χ4n) is 2.89. The van der Waals surface area contributed by atoms with Crippen molar-refractivity contribution in [1.29, 1.82) is 0 Å². The third kappa shape index (κ3) is 6.35. The molecule has 0 saturated heterocycles. The van der Waals surface area contributed by atoms with Gasteiger partial charge in [0.05, 0.1) is 7.11 Å². The zero-order chi connectivity index (χ0) is 21.5. The van der Waals surface area contributed by atoms with Crippen LogP contribution in [0.2, 0.25) is 10.0 Å². The van der Waals surface area contributed by atoms with E-state index < -0.39 is 0 Å². The monoisotopic (exact) mass is 511 g/mol. The van der Waals surface area contributed by atoms with Crippen molar-refractivity contribution in [1.82, 2.24) is 5.32 Å². The van der Waals surface area contributed by atoms with Crippen molar-refractivity contribution in [3.8, 4) is 11.5 Å². The lowest BCUT2D eigenvalue weighted by molar-refractivity contribution is 0.284. The number of methoxy groups -OCH3 is 1. The molecular formula is C23H21BrCl2FNO2. The Labute approximate surface area is 194 Å². The Morgan fingerprint density at radius 3 is 2.43 bits per heavy atom. The first-order valence-electron chi connectivity index (χ1n) is 9.34. The molecule has 30 heavy (non-hydrogen) atoms. The normalized spacial score (nSPS) is 10.8. The topological polar surface area (TPSA) is 30.5 Å². The molecule has 3 rings (SSSR count). The van der Waals surface area contributed by atoms with Gasteiger partial charge in [0.25, 0.3) is 0 Å². The predicted molar refractivity (Wildman–Crippen MR) is 123 cm³/mol. The Balaban J connectivity index is 1.59. The van der Waals surface area contributed by atoms with Gasteiger partial charge in [0.1, 0.15) is 12.4 Å². The van der Waals surface area contributed by atoms with E-state index in [-0.39, 0.29) is 5.82 Å². The Morgan fingerprint density at radius 1 is 0.967 bits per heavy atom. The minimum atomic E-state index is -0.219. The van der Waals surface area contributed by atoms with E-state index in [1.54, 1.807) is 31.4 Å². The molecule has 0 amide bonds. The molecule has 0 radical (unpaired) electrons. The Bertz CT molecular complexity index is 999. The predicted octanol–water partition coefficient (Wildman–Crippen LogP) is 6.81. The van der Waals surface area contributed by atoms with E-state index in [9.17, 15) is 4.39 Å². The molecule has 0 aromatic heterocycles. The van der Waals surface area contributed by atoms with Crippen LogP contribution in [0.3, 0.4) is 0 Å². The molecular weight excluding hydrogens is 492 g/mol. The van der Waals surface area contributed by atoms with Gasteiger partial charge >= 0.3 is 0 Å². The number of rotatable bonds is 9. The minimum Gasteiger partial charge on any atom is -0.493 e.